The van der Waals surface area contributed by atoms with E-state index in [1.807, 2.05) is 26.0 Å². The van der Waals surface area contributed by atoms with Crippen LogP contribution in [0.2, 0.25) is 0 Å². The summed E-state index contributed by atoms with van der Waals surface area (Å²) in [4.78, 5) is 4.03. The van der Waals surface area contributed by atoms with E-state index >= 15 is 0 Å². The van der Waals surface area contributed by atoms with E-state index in [0.717, 1.165) is 5.56 Å². The van der Waals surface area contributed by atoms with E-state index in [0.29, 0.717) is 32.9 Å². The molecule has 1 aromatic heterocycles. The van der Waals surface area contributed by atoms with E-state index in [1.165, 1.54) is 0 Å². The van der Waals surface area contributed by atoms with Gasteiger partial charge in [-0.05, 0) is 25.5 Å². The van der Waals surface area contributed by atoms with Crippen LogP contribution in [-0.4, -0.2) is 48.7 Å². The fourth-order valence-electron chi connectivity index (χ4n) is 1.51. The zero-order valence-corrected chi connectivity index (χ0v) is 11.7. The van der Waals surface area contributed by atoms with E-state index in [9.17, 15) is 5.11 Å². The Balaban J connectivity index is 1.97. The smallest absolute Gasteiger partial charge is 0.0897 e. The molecule has 0 aliphatic heterocycles. The molecule has 1 unspecified atom stereocenters. The van der Waals surface area contributed by atoms with Crippen LogP contribution in [0.5, 0.6) is 0 Å². The number of aliphatic hydroxyl groups is 1. The van der Waals surface area contributed by atoms with Crippen molar-refractivity contribution in [2.75, 3.05) is 26.4 Å². The summed E-state index contributed by atoms with van der Waals surface area (Å²) in [6.45, 7) is 6.56. The zero-order valence-electron chi connectivity index (χ0n) is 11.7. The van der Waals surface area contributed by atoms with Gasteiger partial charge < -0.3 is 19.9 Å². The van der Waals surface area contributed by atoms with Crippen molar-refractivity contribution in [2.24, 2.45) is 0 Å². The lowest BCUT2D eigenvalue weighted by molar-refractivity contribution is -0.0100. The Morgan fingerprint density at radius 2 is 2.21 bits per heavy atom. The molecule has 0 amide bonds. The second-order valence-electron chi connectivity index (χ2n) is 4.64. The van der Waals surface area contributed by atoms with Crippen molar-refractivity contribution in [3.63, 3.8) is 0 Å². The van der Waals surface area contributed by atoms with Gasteiger partial charge in [0.1, 0.15) is 0 Å². The predicted octanol–water partition coefficient (Wildman–Crippen LogP) is 0.974. The largest absolute Gasteiger partial charge is 0.389 e. The van der Waals surface area contributed by atoms with Crippen LogP contribution in [0.25, 0.3) is 0 Å². The van der Waals surface area contributed by atoms with Crippen molar-refractivity contribution in [1.82, 2.24) is 10.3 Å². The molecule has 2 N–H and O–H groups in total. The first-order valence-corrected chi connectivity index (χ1v) is 6.65. The zero-order chi connectivity index (χ0) is 13.9. The average Bonchev–Trinajstić information content (AvgIpc) is 2.39. The van der Waals surface area contributed by atoms with Crippen molar-refractivity contribution in [2.45, 2.75) is 32.6 Å². The van der Waals surface area contributed by atoms with Crippen LogP contribution in [0.3, 0.4) is 0 Å². The number of aromatic nitrogens is 1. The lowest BCUT2D eigenvalue weighted by atomic mass is 10.3. The minimum absolute atomic E-state index is 0.217. The maximum absolute atomic E-state index is 9.69. The highest BCUT2D eigenvalue weighted by atomic mass is 16.5. The number of hydrogen-bond donors (Lipinski definition) is 2. The van der Waals surface area contributed by atoms with Gasteiger partial charge in [-0.15, -0.1) is 0 Å². The van der Waals surface area contributed by atoms with E-state index in [1.54, 1.807) is 12.4 Å². The first-order valence-electron chi connectivity index (χ1n) is 6.65. The van der Waals surface area contributed by atoms with E-state index in [-0.39, 0.29) is 6.10 Å². The number of pyridine rings is 1. The molecule has 1 aromatic rings. The van der Waals surface area contributed by atoms with Gasteiger partial charge in [-0.3, -0.25) is 4.98 Å². The summed E-state index contributed by atoms with van der Waals surface area (Å²) in [6, 6.07) is 3.89. The van der Waals surface area contributed by atoms with Crippen molar-refractivity contribution in [1.29, 1.82) is 0 Å². The lowest BCUT2D eigenvalue weighted by Gasteiger charge is -2.13. The number of ether oxygens (including phenoxy) is 2. The number of nitrogens with one attached hydrogen (secondary N) is 1. The second kappa shape index (κ2) is 9.86. The monoisotopic (exact) mass is 268 g/mol. The summed E-state index contributed by atoms with van der Waals surface area (Å²) in [5.41, 5.74) is 1.10. The van der Waals surface area contributed by atoms with Gasteiger partial charge in [0.05, 0.1) is 32.0 Å². The number of hydrogen-bond acceptors (Lipinski definition) is 5. The Morgan fingerprint density at radius 3 is 2.89 bits per heavy atom. The third-order valence-corrected chi connectivity index (χ3v) is 2.42. The highest BCUT2D eigenvalue weighted by molar-refractivity contribution is 5.07. The highest BCUT2D eigenvalue weighted by Crippen LogP contribution is 1.94. The Labute approximate surface area is 115 Å². The molecule has 1 atom stereocenters. The SMILES string of the molecule is CC(C)OCCOCC(O)CNCc1cccnc1. The van der Waals surface area contributed by atoms with Crippen molar-refractivity contribution in [3.05, 3.63) is 30.1 Å². The fourth-order valence-corrected chi connectivity index (χ4v) is 1.51. The van der Waals surface area contributed by atoms with Gasteiger partial charge in [0.15, 0.2) is 0 Å². The molecular formula is C14H24N2O3. The molecule has 5 nitrogen and oxygen atoms in total. The van der Waals surface area contributed by atoms with Crippen LogP contribution in [0, 0.1) is 0 Å². The van der Waals surface area contributed by atoms with Gasteiger partial charge in [-0.2, -0.15) is 0 Å². The summed E-state index contributed by atoms with van der Waals surface area (Å²) < 4.78 is 10.7. The first-order chi connectivity index (χ1) is 9.18. The maximum Gasteiger partial charge on any atom is 0.0897 e. The van der Waals surface area contributed by atoms with Gasteiger partial charge >= 0.3 is 0 Å². The second-order valence-corrected chi connectivity index (χ2v) is 4.64. The Morgan fingerprint density at radius 1 is 1.37 bits per heavy atom. The molecule has 0 saturated carbocycles. The Bertz CT molecular complexity index is 320. The molecule has 0 saturated heterocycles. The third-order valence-electron chi connectivity index (χ3n) is 2.42. The van der Waals surface area contributed by atoms with Crippen molar-refractivity contribution in [3.8, 4) is 0 Å². The van der Waals surface area contributed by atoms with Gasteiger partial charge in [0, 0.05) is 25.5 Å². The minimum atomic E-state index is -0.504. The topological polar surface area (TPSA) is 63.6 Å². The summed E-state index contributed by atoms with van der Waals surface area (Å²) in [5.74, 6) is 0. The molecule has 0 aromatic carbocycles. The average molecular weight is 268 g/mol. The van der Waals surface area contributed by atoms with E-state index in [2.05, 4.69) is 10.3 Å². The minimum Gasteiger partial charge on any atom is -0.389 e. The number of nitrogens with zero attached hydrogens (tertiary/aromatic N) is 1. The molecule has 0 fully saturated rings. The van der Waals surface area contributed by atoms with Crippen LogP contribution < -0.4 is 5.32 Å². The summed E-state index contributed by atoms with van der Waals surface area (Å²) >= 11 is 0. The van der Waals surface area contributed by atoms with Gasteiger partial charge in [0.2, 0.25) is 0 Å². The predicted molar refractivity (Wildman–Crippen MR) is 73.9 cm³/mol. The molecule has 1 heterocycles. The molecule has 19 heavy (non-hydrogen) atoms. The number of rotatable bonds is 10. The van der Waals surface area contributed by atoms with Crippen molar-refractivity contribution < 1.29 is 14.6 Å². The third kappa shape index (κ3) is 8.67. The quantitative estimate of drug-likeness (QED) is 0.619. The maximum atomic E-state index is 9.69. The molecule has 108 valence electrons. The molecule has 5 heteroatoms. The van der Waals surface area contributed by atoms with Crippen LogP contribution in [0.1, 0.15) is 19.4 Å². The molecule has 0 aliphatic rings. The highest BCUT2D eigenvalue weighted by Gasteiger charge is 2.04. The van der Waals surface area contributed by atoms with Crippen molar-refractivity contribution >= 4 is 0 Å². The van der Waals surface area contributed by atoms with E-state index in [4.69, 9.17) is 9.47 Å². The molecule has 0 radical (unpaired) electrons. The fraction of sp³-hybridized carbons (Fsp3) is 0.643. The first kappa shape index (κ1) is 16.0. The summed E-state index contributed by atoms with van der Waals surface area (Å²) in [5, 5.41) is 12.9. The standard InChI is InChI=1S/C14H24N2O3/c1-12(2)19-7-6-18-11-14(17)10-16-9-13-4-3-5-15-8-13/h3-5,8,12,14,16-17H,6-7,9-11H2,1-2H3. The summed E-state index contributed by atoms with van der Waals surface area (Å²) in [6.07, 6.45) is 3.26. The lowest BCUT2D eigenvalue weighted by Crippen LogP contribution is -2.30. The molecule has 1 rings (SSSR count). The van der Waals surface area contributed by atoms with Crippen LogP contribution in [0.15, 0.2) is 24.5 Å². The Hall–Kier alpha value is -1.01. The Kier molecular flexibility index (Phi) is 8.33. The van der Waals surface area contributed by atoms with Gasteiger partial charge in [-0.25, -0.2) is 0 Å². The summed E-state index contributed by atoms with van der Waals surface area (Å²) in [7, 11) is 0. The van der Waals surface area contributed by atoms with Crippen LogP contribution >= 0.6 is 0 Å². The van der Waals surface area contributed by atoms with Crippen LogP contribution in [-0.2, 0) is 16.0 Å². The molecular weight excluding hydrogens is 244 g/mol. The van der Waals surface area contributed by atoms with Crippen LogP contribution in [0.4, 0.5) is 0 Å². The molecule has 0 spiro atoms. The molecule has 0 bridgehead atoms. The number of aliphatic hydroxyl groups excluding tert-OH is 1. The van der Waals surface area contributed by atoms with E-state index < -0.39 is 6.10 Å². The molecule has 0 aliphatic carbocycles. The van der Waals surface area contributed by atoms with Gasteiger partial charge in [-0.1, -0.05) is 6.07 Å². The normalized spacial score (nSPS) is 12.8. The van der Waals surface area contributed by atoms with Gasteiger partial charge in [0.25, 0.3) is 0 Å².